The molecular weight excluding hydrogens is 599 g/mol. The fourth-order valence-electron chi connectivity index (χ4n) is 8.55. The minimum atomic E-state index is -2.14. The molecule has 4 aliphatic rings. The van der Waals surface area contributed by atoms with E-state index in [0.717, 1.165) is 4.90 Å². The molecule has 1 unspecified atom stereocenters. The molecule has 0 aromatic heterocycles. The van der Waals surface area contributed by atoms with Crippen molar-refractivity contribution in [2.75, 3.05) is 0 Å². The van der Waals surface area contributed by atoms with Crippen LogP contribution in [0.4, 0.5) is 4.39 Å². The number of esters is 2. The number of aliphatic hydroxyl groups excluding tert-OH is 1. The van der Waals surface area contributed by atoms with E-state index in [-0.39, 0.29) is 36.4 Å². The molecule has 2 aromatic rings. The summed E-state index contributed by atoms with van der Waals surface area (Å²) in [6.45, 7) is 4.61. The lowest BCUT2D eigenvalue weighted by Crippen LogP contribution is -2.69. The predicted octanol–water partition coefficient (Wildman–Crippen LogP) is 6.11. The number of benzene rings is 2. The first kappa shape index (κ1) is 31.2. The van der Waals surface area contributed by atoms with Gasteiger partial charge in [0.2, 0.25) is 5.60 Å². The Hall–Kier alpha value is -3.76. The number of aliphatic carboxylic acids is 1. The van der Waals surface area contributed by atoms with Crippen molar-refractivity contribution in [1.29, 1.82) is 0 Å². The number of alkyl halides is 1. The zero-order valence-corrected chi connectivity index (χ0v) is 26.1. The van der Waals surface area contributed by atoms with Gasteiger partial charge in [0.15, 0.2) is 11.5 Å². The van der Waals surface area contributed by atoms with E-state index in [0.29, 0.717) is 23.3 Å². The van der Waals surface area contributed by atoms with Crippen LogP contribution in [0.15, 0.2) is 82.1 Å². The van der Waals surface area contributed by atoms with E-state index < -0.39 is 57.9 Å². The van der Waals surface area contributed by atoms with Crippen molar-refractivity contribution in [3.05, 3.63) is 77.9 Å². The summed E-state index contributed by atoms with van der Waals surface area (Å²) in [4.78, 5) is 52.3. The second-order valence-corrected chi connectivity index (χ2v) is 14.1. The van der Waals surface area contributed by atoms with Gasteiger partial charge in [-0.1, -0.05) is 48.5 Å². The number of carboxylic acid groups (broad SMARTS) is 1. The molecule has 0 heterocycles. The van der Waals surface area contributed by atoms with Gasteiger partial charge in [-0.2, -0.15) is 0 Å². The molecule has 0 radical (unpaired) electrons. The Balaban J connectivity index is 1.32. The number of fused-ring (bicyclic) bond motifs is 5. The van der Waals surface area contributed by atoms with Crippen LogP contribution in [0, 0.1) is 22.7 Å². The molecule has 0 spiro atoms. The first-order valence-electron chi connectivity index (χ1n) is 15.1. The summed E-state index contributed by atoms with van der Waals surface area (Å²) in [5.74, 6) is -4.21. The fraction of sp³-hybridized carbons (Fsp3) is 0.429. The number of allylic oxidation sites excluding steroid dienone is 4. The Labute approximate surface area is 264 Å². The molecule has 10 heteroatoms. The van der Waals surface area contributed by atoms with Gasteiger partial charge >= 0.3 is 17.9 Å². The highest BCUT2D eigenvalue weighted by atomic mass is 32.2. The molecule has 45 heavy (non-hydrogen) atoms. The van der Waals surface area contributed by atoms with Crippen LogP contribution in [-0.2, 0) is 19.1 Å². The second-order valence-electron chi connectivity index (χ2n) is 13.0. The number of carbonyl (C=O) groups excluding carboxylic acids is 3. The number of ketones is 1. The van der Waals surface area contributed by atoms with Gasteiger partial charge in [0.1, 0.15) is 5.75 Å². The van der Waals surface area contributed by atoms with Gasteiger partial charge in [-0.05, 0) is 87.4 Å². The lowest BCUT2D eigenvalue weighted by molar-refractivity contribution is -0.222. The van der Waals surface area contributed by atoms with Crippen LogP contribution < -0.4 is 4.74 Å². The van der Waals surface area contributed by atoms with Crippen LogP contribution in [0.3, 0.4) is 0 Å². The summed E-state index contributed by atoms with van der Waals surface area (Å²) in [5, 5.41) is 22.3. The molecule has 3 fully saturated rings. The third kappa shape index (κ3) is 4.67. The number of carboxylic acids is 1. The van der Waals surface area contributed by atoms with Gasteiger partial charge in [0, 0.05) is 28.6 Å². The maximum Gasteiger partial charge on any atom is 0.348 e. The highest BCUT2D eigenvalue weighted by Gasteiger charge is 2.76. The average Bonchev–Trinajstić information content (AvgIpc) is 3.27. The number of rotatable bonds is 6. The van der Waals surface area contributed by atoms with Crippen molar-refractivity contribution in [2.45, 2.75) is 80.0 Å². The lowest BCUT2D eigenvalue weighted by Gasteiger charge is -2.62. The van der Waals surface area contributed by atoms with Crippen molar-refractivity contribution in [1.82, 2.24) is 0 Å². The van der Waals surface area contributed by atoms with Crippen molar-refractivity contribution in [2.24, 2.45) is 22.7 Å². The Kier molecular flexibility index (Phi) is 7.60. The van der Waals surface area contributed by atoms with Crippen molar-refractivity contribution < 1.29 is 43.3 Å². The molecule has 6 rings (SSSR count). The lowest BCUT2D eigenvalue weighted by atomic mass is 9.45. The predicted molar refractivity (Wildman–Crippen MR) is 162 cm³/mol. The summed E-state index contributed by atoms with van der Waals surface area (Å²) in [6, 6.07) is 13.8. The van der Waals surface area contributed by atoms with Crippen LogP contribution in [-0.4, -0.2) is 51.3 Å². The highest BCUT2D eigenvalue weighted by molar-refractivity contribution is 7.99. The first-order valence-corrected chi connectivity index (χ1v) is 15.9. The Morgan fingerprint density at radius 2 is 1.78 bits per heavy atom. The minimum Gasteiger partial charge on any atom is -0.478 e. The van der Waals surface area contributed by atoms with Gasteiger partial charge in [0.25, 0.3) is 0 Å². The molecule has 4 aliphatic carbocycles. The summed E-state index contributed by atoms with van der Waals surface area (Å²) in [6.07, 6.45) is 3.49. The van der Waals surface area contributed by atoms with E-state index in [2.05, 4.69) is 0 Å². The zero-order valence-electron chi connectivity index (χ0n) is 25.2. The van der Waals surface area contributed by atoms with E-state index >= 15 is 4.39 Å². The molecule has 0 aliphatic heterocycles. The zero-order chi connectivity index (χ0) is 32.4. The largest absolute Gasteiger partial charge is 0.478 e. The standard InChI is InChI=1S/C35H35FO8S/c1-20(37)43-27-17-21(9-12-28(27)45-24-7-5-4-6-8-24)30(40)44-34(31(41)42)16-14-25-26-11-10-22-18-23(38)13-15-32(22,2)35(26,36)29(39)19-33(25,34)3/h4-9,12-13,15,17-18,25-26,29,39H,10-11,14,16,19H2,1-3H3,(H,41,42)/t25-,26-,29-,32-,33-,34+,35?/m0/s1. The van der Waals surface area contributed by atoms with E-state index in [9.17, 15) is 29.4 Å². The number of hydrogen-bond acceptors (Lipinski definition) is 8. The maximum atomic E-state index is 17.4. The monoisotopic (exact) mass is 634 g/mol. The third-order valence-corrected chi connectivity index (χ3v) is 11.8. The number of carbonyl (C=O) groups is 4. The maximum absolute atomic E-state index is 17.4. The normalized spacial score (nSPS) is 35.0. The van der Waals surface area contributed by atoms with Crippen LogP contribution in [0.2, 0.25) is 0 Å². The summed E-state index contributed by atoms with van der Waals surface area (Å²) < 4.78 is 28.8. The molecule has 0 bridgehead atoms. The van der Waals surface area contributed by atoms with E-state index in [1.807, 2.05) is 30.3 Å². The molecule has 2 N–H and O–H groups in total. The van der Waals surface area contributed by atoms with Gasteiger partial charge in [-0.15, -0.1) is 0 Å². The SMILES string of the molecule is CC(=O)Oc1cc(C(=O)O[C@@]2(C(=O)O)CC[C@H]3[C@@H]4CCC5=CC(=O)C=C[C@]5(C)C4(F)[C@@H](O)C[C@@]32C)ccc1Sc1ccccc1. The van der Waals surface area contributed by atoms with Gasteiger partial charge < -0.3 is 19.7 Å². The summed E-state index contributed by atoms with van der Waals surface area (Å²) in [7, 11) is 0. The van der Waals surface area contributed by atoms with E-state index in [1.165, 1.54) is 43.0 Å². The van der Waals surface area contributed by atoms with E-state index in [1.54, 1.807) is 26.0 Å². The quantitative estimate of drug-likeness (QED) is 0.286. The van der Waals surface area contributed by atoms with Crippen molar-refractivity contribution in [3.63, 3.8) is 0 Å². The molecule has 236 valence electrons. The van der Waals surface area contributed by atoms with Crippen LogP contribution in [0.5, 0.6) is 5.75 Å². The molecule has 7 atom stereocenters. The fourth-order valence-corrected chi connectivity index (χ4v) is 9.43. The van der Waals surface area contributed by atoms with Crippen LogP contribution in [0.1, 0.15) is 63.2 Å². The van der Waals surface area contributed by atoms with Gasteiger partial charge in [-0.3, -0.25) is 9.59 Å². The average molecular weight is 635 g/mol. The Morgan fingerprint density at radius 1 is 1.04 bits per heavy atom. The van der Waals surface area contributed by atoms with Crippen molar-refractivity contribution in [3.8, 4) is 5.75 Å². The number of halogens is 1. The van der Waals surface area contributed by atoms with Gasteiger partial charge in [0.05, 0.1) is 16.6 Å². The Bertz CT molecular complexity index is 1650. The number of hydrogen-bond donors (Lipinski definition) is 2. The molecule has 8 nitrogen and oxygen atoms in total. The molecular formula is C35H35FO8S. The summed E-state index contributed by atoms with van der Waals surface area (Å²) in [5.41, 5.74) is -6.06. The second kappa shape index (κ2) is 10.9. The molecule has 3 saturated carbocycles. The summed E-state index contributed by atoms with van der Waals surface area (Å²) >= 11 is 1.33. The molecule has 0 amide bonds. The van der Waals surface area contributed by atoms with Crippen molar-refractivity contribution >= 4 is 35.5 Å². The van der Waals surface area contributed by atoms with Crippen LogP contribution in [0.25, 0.3) is 0 Å². The number of aliphatic hydroxyl groups is 1. The van der Waals surface area contributed by atoms with E-state index in [4.69, 9.17) is 9.47 Å². The van der Waals surface area contributed by atoms with Gasteiger partial charge in [-0.25, -0.2) is 14.0 Å². The highest BCUT2D eigenvalue weighted by Crippen LogP contribution is 2.70. The topological polar surface area (TPSA) is 127 Å². The molecule has 0 saturated heterocycles. The Morgan fingerprint density at radius 3 is 2.47 bits per heavy atom. The smallest absolute Gasteiger partial charge is 0.348 e. The minimum absolute atomic E-state index is 0.00972. The molecule has 2 aromatic carbocycles. The number of ether oxygens (including phenoxy) is 2. The van der Waals surface area contributed by atoms with Crippen LogP contribution >= 0.6 is 11.8 Å². The first-order chi connectivity index (χ1) is 21.2. The third-order valence-electron chi connectivity index (χ3n) is 10.8.